The number of rotatable bonds is 6. The summed E-state index contributed by atoms with van der Waals surface area (Å²) in [5.41, 5.74) is 4.71. The van der Waals surface area contributed by atoms with Crippen molar-refractivity contribution in [3.63, 3.8) is 0 Å². The standard InChI is InChI=1S/C24H28ClNO6/c25-19-15(9-13-1-3-14(4-2-13)11-26-6-7-26)10-17(16-5-8-31-23(16)19)24-22(30)21(29)20(28)18(12-27)32-24/h1-4,10,18,20-22,24,27-30H,5-9,11-12H2. The summed E-state index contributed by atoms with van der Waals surface area (Å²) in [4.78, 5) is 2.36. The van der Waals surface area contributed by atoms with Crippen LogP contribution in [-0.4, -0.2) is 76.0 Å². The molecule has 3 heterocycles. The molecule has 5 atom stereocenters. The number of halogens is 1. The van der Waals surface area contributed by atoms with Crippen LogP contribution < -0.4 is 4.74 Å². The molecule has 2 aromatic rings. The zero-order valence-corrected chi connectivity index (χ0v) is 18.4. The van der Waals surface area contributed by atoms with E-state index >= 15 is 0 Å². The highest BCUT2D eigenvalue weighted by Gasteiger charge is 2.45. The molecular formula is C24H28ClNO6. The summed E-state index contributed by atoms with van der Waals surface area (Å²) in [6.45, 7) is 3.29. The van der Waals surface area contributed by atoms with Crippen LogP contribution in [0.3, 0.4) is 0 Å². The lowest BCUT2D eigenvalue weighted by molar-refractivity contribution is -0.231. The number of benzene rings is 2. The van der Waals surface area contributed by atoms with E-state index in [1.165, 1.54) is 5.56 Å². The third-order valence-electron chi connectivity index (χ3n) is 6.59. The van der Waals surface area contributed by atoms with Crippen molar-refractivity contribution < 1.29 is 29.9 Å². The van der Waals surface area contributed by atoms with Crippen molar-refractivity contribution in [2.75, 3.05) is 26.3 Å². The Morgan fingerprint density at radius 3 is 2.41 bits per heavy atom. The van der Waals surface area contributed by atoms with Crippen LogP contribution in [0.2, 0.25) is 5.02 Å². The number of hydrogen-bond acceptors (Lipinski definition) is 7. The summed E-state index contributed by atoms with van der Waals surface area (Å²) < 4.78 is 11.6. The summed E-state index contributed by atoms with van der Waals surface area (Å²) in [5, 5.41) is 41.2. The minimum absolute atomic E-state index is 0.466. The number of aliphatic hydroxyl groups is 4. The molecule has 8 heteroatoms. The molecule has 0 spiro atoms. The number of nitrogens with zero attached hydrogens (tertiary/aromatic N) is 1. The van der Waals surface area contributed by atoms with Crippen molar-refractivity contribution in [3.8, 4) is 5.75 Å². The Balaban J connectivity index is 1.46. The zero-order chi connectivity index (χ0) is 22.4. The van der Waals surface area contributed by atoms with Crippen molar-refractivity contribution in [1.82, 2.24) is 4.90 Å². The summed E-state index contributed by atoms with van der Waals surface area (Å²) in [6.07, 6.45) is -4.87. The molecule has 5 rings (SSSR count). The van der Waals surface area contributed by atoms with Crippen LogP contribution in [0.15, 0.2) is 30.3 Å². The van der Waals surface area contributed by atoms with Gasteiger partial charge in [0.25, 0.3) is 0 Å². The fraction of sp³-hybridized carbons (Fsp3) is 0.500. The number of hydrogen-bond donors (Lipinski definition) is 4. The van der Waals surface area contributed by atoms with Crippen molar-refractivity contribution in [3.05, 3.63) is 63.2 Å². The third-order valence-corrected chi connectivity index (χ3v) is 7.01. The van der Waals surface area contributed by atoms with Gasteiger partial charge in [-0.25, -0.2) is 0 Å². The Hall–Kier alpha value is -1.71. The highest BCUT2D eigenvalue weighted by Crippen LogP contribution is 2.44. The van der Waals surface area contributed by atoms with Gasteiger partial charge in [-0.15, -0.1) is 0 Å². The Labute approximate surface area is 191 Å². The van der Waals surface area contributed by atoms with Gasteiger partial charge >= 0.3 is 0 Å². The van der Waals surface area contributed by atoms with E-state index in [4.69, 9.17) is 21.1 Å². The van der Waals surface area contributed by atoms with E-state index in [1.807, 2.05) is 6.07 Å². The highest BCUT2D eigenvalue weighted by molar-refractivity contribution is 6.33. The predicted octanol–water partition coefficient (Wildman–Crippen LogP) is 1.20. The van der Waals surface area contributed by atoms with E-state index in [1.54, 1.807) is 0 Å². The monoisotopic (exact) mass is 461 g/mol. The first-order valence-corrected chi connectivity index (χ1v) is 11.4. The Morgan fingerprint density at radius 2 is 1.72 bits per heavy atom. The molecule has 0 amide bonds. The molecular weight excluding hydrogens is 434 g/mol. The van der Waals surface area contributed by atoms with E-state index in [9.17, 15) is 20.4 Å². The normalized spacial score (nSPS) is 29.6. The minimum atomic E-state index is -1.43. The van der Waals surface area contributed by atoms with Crippen LogP contribution in [0.5, 0.6) is 5.75 Å². The van der Waals surface area contributed by atoms with Crippen LogP contribution in [-0.2, 0) is 24.1 Å². The summed E-state index contributed by atoms with van der Waals surface area (Å²) >= 11 is 6.70. The fourth-order valence-electron chi connectivity index (χ4n) is 4.62. The largest absolute Gasteiger partial charge is 0.491 e. The topological polar surface area (TPSA) is 102 Å². The van der Waals surface area contributed by atoms with Gasteiger partial charge in [-0.05, 0) is 28.7 Å². The maximum atomic E-state index is 10.7. The number of aliphatic hydroxyl groups excluding tert-OH is 4. The molecule has 7 nitrogen and oxygen atoms in total. The molecule has 4 N–H and O–H groups in total. The molecule has 32 heavy (non-hydrogen) atoms. The molecule has 2 saturated heterocycles. The average Bonchev–Trinajstić information content (AvgIpc) is 3.47. The second-order valence-electron chi connectivity index (χ2n) is 8.86. The maximum Gasteiger partial charge on any atom is 0.141 e. The Kier molecular flexibility index (Phi) is 6.15. The molecule has 2 aromatic carbocycles. The van der Waals surface area contributed by atoms with Gasteiger partial charge in [-0.2, -0.15) is 0 Å². The van der Waals surface area contributed by atoms with Crippen LogP contribution in [0.25, 0.3) is 0 Å². The van der Waals surface area contributed by atoms with Crippen molar-refractivity contribution in [2.24, 2.45) is 0 Å². The Morgan fingerprint density at radius 1 is 1.00 bits per heavy atom. The van der Waals surface area contributed by atoms with Crippen LogP contribution in [0.1, 0.15) is 33.9 Å². The molecule has 0 bridgehead atoms. The first-order valence-electron chi connectivity index (χ1n) is 11.0. The molecule has 0 aromatic heterocycles. The van der Waals surface area contributed by atoms with Gasteiger partial charge in [0.05, 0.1) is 18.2 Å². The van der Waals surface area contributed by atoms with E-state index < -0.39 is 37.1 Å². The van der Waals surface area contributed by atoms with E-state index in [2.05, 4.69) is 29.2 Å². The number of ether oxygens (including phenoxy) is 2. The minimum Gasteiger partial charge on any atom is -0.491 e. The van der Waals surface area contributed by atoms with E-state index in [0.717, 1.165) is 36.3 Å². The summed E-state index contributed by atoms with van der Waals surface area (Å²) in [7, 11) is 0. The molecule has 3 aliphatic heterocycles. The Bertz CT molecular complexity index is 977. The SMILES string of the molecule is OCC1OC(c2cc(Cc3ccc(CN4CC4)cc3)c(Cl)c3c2CCO3)C(O)C(O)C1O. The molecule has 0 aliphatic carbocycles. The fourth-order valence-corrected chi connectivity index (χ4v) is 4.91. The van der Waals surface area contributed by atoms with Crippen LogP contribution >= 0.6 is 11.6 Å². The van der Waals surface area contributed by atoms with Crippen LogP contribution in [0.4, 0.5) is 0 Å². The van der Waals surface area contributed by atoms with Gasteiger partial charge in [0, 0.05) is 31.6 Å². The zero-order valence-electron chi connectivity index (χ0n) is 17.7. The predicted molar refractivity (Wildman–Crippen MR) is 118 cm³/mol. The molecule has 3 aliphatic rings. The van der Waals surface area contributed by atoms with E-state index in [0.29, 0.717) is 35.8 Å². The van der Waals surface area contributed by atoms with Gasteiger partial charge in [0.15, 0.2) is 0 Å². The molecule has 2 fully saturated rings. The van der Waals surface area contributed by atoms with Gasteiger partial charge < -0.3 is 29.9 Å². The number of fused-ring (bicyclic) bond motifs is 1. The lowest BCUT2D eigenvalue weighted by Crippen LogP contribution is -2.55. The molecule has 5 unspecified atom stereocenters. The second-order valence-corrected chi connectivity index (χ2v) is 9.24. The molecule has 0 radical (unpaired) electrons. The quantitative estimate of drug-likeness (QED) is 0.479. The molecule has 172 valence electrons. The molecule has 0 saturated carbocycles. The van der Waals surface area contributed by atoms with Gasteiger partial charge in [0.1, 0.15) is 36.3 Å². The van der Waals surface area contributed by atoms with Gasteiger partial charge in [-0.3, -0.25) is 4.90 Å². The van der Waals surface area contributed by atoms with E-state index in [-0.39, 0.29) is 0 Å². The second kappa shape index (κ2) is 8.91. The first kappa shape index (κ1) is 22.1. The maximum absolute atomic E-state index is 10.7. The van der Waals surface area contributed by atoms with Gasteiger partial charge in [-0.1, -0.05) is 41.9 Å². The third kappa shape index (κ3) is 4.15. The van der Waals surface area contributed by atoms with Crippen LogP contribution in [0, 0.1) is 0 Å². The lowest BCUT2D eigenvalue weighted by Gasteiger charge is -2.40. The van der Waals surface area contributed by atoms with Gasteiger partial charge in [0.2, 0.25) is 0 Å². The summed E-state index contributed by atoms with van der Waals surface area (Å²) in [5.74, 6) is 0.578. The summed E-state index contributed by atoms with van der Waals surface area (Å²) in [6, 6.07) is 10.3. The lowest BCUT2D eigenvalue weighted by atomic mass is 9.87. The highest BCUT2D eigenvalue weighted by atomic mass is 35.5. The smallest absolute Gasteiger partial charge is 0.141 e. The first-order chi connectivity index (χ1) is 15.5. The van der Waals surface area contributed by atoms with Crippen molar-refractivity contribution in [2.45, 2.75) is 49.9 Å². The average molecular weight is 462 g/mol. The van der Waals surface area contributed by atoms with Crippen molar-refractivity contribution in [1.29, 1.82) is 0 Å². The van der Waals surface area contributed by atoms with Crippen molar-refractivity contribution >= 4 is 11.6 Å².